The molecule has 94 valence electrons. The largest absolute Gasteiger partial charge is 0.360 e. The van der Waals surface area contributed by atoms with Crippen LogP contribution in [-0.4, -0.2) is 11.1 Å². The second-order valence-corrected chi connectivity index (χ2v) is 4.22. The van der Waals surface area contributed by atoms with Gasteiger partial charge in [0, 0.05) is 11.6 Å². The fourth-order valence-corrected chi connectivity index (χ4v) is 1.73. The third-order valence-corrected chi connectivity index (χ3v) is 2.62. The van der Waals surface area contributed by atoms with Gasteiger partial charge in [0.05, 0.1) is 0 Å². The molecule has 0 atom stereocenters. The minimum absolute atomic E-state index is 0.175. The highest BCUT2D eigenvalue weighted by molar-refractivity contribution is 6.03. The first-order valence-corrected chi connectivity index (χ1v) is 6.02. The molecule has 1 aromatic heterocycles. The molecule has 0 saturated heterocycles. The summed E-state index contributed by atoms with van der Waals surface area (Å²) in [5.74, 6) is 0.935. The molecule has 0 aliphatic carbocycles. The number of carbonyl (C=O) groups excluding carboxylic acids is 1. The van der Waals surface area contributed by atoms with Crippen molar-refractivity contribution >= 4 is 11.7 Å². The van der Waals surface area contributed by atoms with Gasteiger partial charge in [-0.25, -0.2) is 0 Å². The number of aromatic nitrogens is 1. The van der Waals surface area contributed by atoms with Crippen LogP contribution in [0.1, 0.15) is 35.0 Å². The fourth-order valence-electron chi connectivity index (χ4n) is 1.73. The Morgan fingerprint density at radius 2 is 2.06 bits per heavy atom. The smallest absolute Gasteiger partial charge is 0.256 e. The average Bonchev–Trinajstić information content (AvgIpc) is 2.76. The second kappa shape index (κ2) is 5.49. The Bertz CT molecular complexity index is 529. The van der Waals surface area contributed by atoms with Crippen molar-refractivity contribution in [1.29, 1.82) is 0 Å². The number of rotatable bonds is 4. The highest BCUT2D eigenvalue weighted by Gasteiger charge is 2.08. The van der Waals surface area contributed by atoms with E-state index in [1.165, 1.54) is 5.56 Å². The van der Waals surface area contributed by atoms with Crippen LogP contribution < -0.4 is 5.32 Å². The van der Waals surface area contributed by atoms with Crippen molar-refractivity contribution in [2.24, 2.45) is 0 Å². The lowest BCUT2D eigenvalue weighted by atomic mass is 10.1. The molecule has 0 aliphatic heterocycles. The molecule has 4 nitrogen and oxygen atoms in total. The van der Waals surface area contributed by atoms with Crippen LogP contribution >= 0.6 is 0 Å². The van der Waals surface area contributed by atoms with Gasteiger partial charge in [-0.1, -0.05) is 30.6 Å². The molecule has 0 saturated carbocycles. The first-order valence-electron chi connectivity index (χ1n) is 6.02. The van der Waals surface area contributed by atoms with Crippen LogP contribution in [0.25, 0.3) is 0 Å². The number of carbonyl (C=O) groups is 1. The van der Waals surface area contributed by atoms with E-state index in [0.29, 0.717) is 17.1 Å². The molecule has 1 amide bonds. The monoisotopic (exact) mass is 244 g/mol. The van der Waals surface area contributed by atoms with Gasteiger partial charge >= 0.3 is 0 Å². The third-order valence-electron chi connectivity index (χ3n) is 2.62. The number of benzene rings is 1. The van der Waals surface area contributed by atoms with Crippen LogP contribution in [0, 0.1) is 6.92 Å². The summed E-state index contributed by atoms with van der Waals surface area (Å²) in [6.45, 7) is 3.91. The van der Waals surface area contributed by atoms with Crippen LogP contribution in [0.5, 0.6) is 0 Å². The minimum Gasteiger partial charge on any atom is -0.360 e. The predicted octanol–water partition coefficient (Wildman–Crippen LogP) is 3.19. The molecule has 2 aromatic rings. The number of nitrogens with one attached hydrogen (secondary N) is 1. The number of hydrogen-bond acceptors (Lipinski definition) is 3. The zero-order chi connectivity index (χ0) is 13.0. The van der Waals surface area contributed by atoms with Crippen molar-refractivity contribution in [3.8, 4) is 0 Å². The Balaban J connectivity index is 2.04. The van der Waals surface area contributed by atoms with Crippen molar-refractivity contribution in [3.63, 3.8) is 0 Å². The Kier molecular flexibility index (Phi) is 3.77. The molecule has 4 heteroatoms. The zero-order valence-electron chi connectivity index (χ0n) is 10.6. The normalized spacial score (nSPS) is 10.3. The highest BCUT2D eigenvalue weighted by atomic mass is 16.5. The maximum Gasteiger partial charge on any atom is 0.256 e. The van der Waals surface area contributed by atoms with Crippen LogP contribution in [0.4, 0.5) is 5.82 Å². The summed E-state index contributed by atoms with van der Waals surface area (Å²) in [6, 6.07) is 9.29. The Morgan fingerprint density at radius 3 is 2.61 bits per heavy atom. The van der Waals surface area contributed by atoms with Crippen LogP contribution in [0.2, 0.25) is 0 Å². The van der Waals surface area contributed by atoms with Gasteiger partial charge < -0.3 is 9.84 Å². The molecular weight excluding hydrogens is 228 g/mol. The van der Waals surface area contributed by atoms with E-state index >= 15 is 0 Å². The number of hydrogen-bond donors (Lipinski definition) is 1. The van der Waals surface area contributed by atoms with E-state index in [0.717, 1.165) is 12.8 Å². The molecule has 0 bridgehead atoms. The van der Waals surface area contributed by atoms with Gasteiger partial charge in [-0.05, 0) is 31.0 Å². The van der Waals surface area contributed by atoms with Gasteiger partial charge in [0.25, 0.3) is 5.91 Å². The van der Waals surface area contributed by atoms with Gasteiger partial charge in [0.2, 0.25) is 0 Å². The van der Waals surface area contributed by atoms with Crippen LogP contribution in [-0.2, 0) is 6.42 Å². The van der Waals surface area contributed by atoms with Crippen molar-refractivity contribution in [1.82, 2.24) is 5.16 Å². The molecule has 1 aromatic carbocycles. The highest BCUT2D eigenvalue weighted by Crippen LogP contribution is 2.11. The Morgan fingerprint density at radius 1 is 1.33 bits per heavy atom. The van der Waals surface area contributed by atoms with Crippen molar-refractivity contribution < 1.29 is 9.32 Å². The van der Waals surface area contributed by atoms with Gasteiger partial charge in [0.1, 0.15) is 5.76 Å². The minimum atomic E-state index is -0.175. The summed E-state index contributed by atoms with van der Waals surface area (Å²) in [5.41, 5.74) is 1.86. The van der Waals surface area contributed by atoms with Crippen molar-refractivity contribution in [3.05, 3.63) is 47.2 Å². The lowest BCUT2D eigenvalue weighted by Crippen LogP contribution is -2.11. The summed E-state index contributed by atoms with van der Waals surface area (Å²) in [7, 11) is 0. The van der Waals surface area contributed by atoms with Gasteiger partial charge in [-0.2, -0.15) is 0 Å². The molecule has 0 fully saturated rings. The van der Waals surface area contributed by atoms with Crippen LogP contribution in [0.3, 0.4) is 0 Å². The summed E-state index contributed by atoms with van der Waals surface area (Å²) < 4.78 is 4.89. The number of aryl methyl sites for hydroxylation is 2. The van der Waals surface area contributed by atoms with Crippen molar-refractivity contribution in [2.75, 3.05) is 5.32 Å². The molecule has 18 heavy (non-hydrogen) atoms. The van der Waals surface area contributed by atoms with E-state index < -0.39 is 0 Å². The SMILES string of the molecule is CCCc1ccc(C(=O)Nc2cc(C)on2)cc1. The number of anilines is 1. The molecule has 1 N–H and O–H groups in total. The molecule has 0 spiro atoms. The van der Waals surface area contributed by atoms with E-state index in [-0.39, 0.29) is 5.91 Å². The number of nitrogens with zero attached hydrogens (tertiary/aromatic N) is 1. The van der Waals surface area contributed by atoms with E-state index in [1.807, 2.05) is 24.3 Å². The van der Waals surface area contributed by atoms with Gasteiger partial charge in [0.15, 0.2) is 5.82 Å². The second-order valence-electron chi connectivity index (χ2n) is 4.22. The Hall–Kier alpha value is -2.10. The molecule has 0 aliphatic rings. The van der Waals surface area contributed by atoms with Gasteiger partial charge in [-0.3, -0.25) is 4.79 Å². The predicted molar refractivity (Wildman–Crippen MR) is 69.6 cm³/mol. The summed E-state index contributed by atoms with van der Waals surface area (Å²) in [4.78, 5) is 11.9. The maximum absolute atomic E-state index is 11.9. The fraction of sp³-hybridized carbons (Fsp3) is 0.286. The molecule has 0 unspecified atom stereocenters. The van der Waals surface area contributed by atoms with E-state index in [2.05, 4.69) is 17.4 Å². The zero-order valence-corrected chi connectivity index (χ0v) is 10.6. The van der Waals surface area contributed by atoms with Gasteiger partial charge in [-0.15, -0.1) is 0 Å². The third kappa shape index (κ3) is 2.97. The topological polar surface area (TPSA) is 55.1 Å². The quantitative estimate of drug-likeness (QED) is 0.898. The number of amides is 1. The van der Waals surface area contributed by atoms with E-state index in [9.17, 15) is 4.79 Å². The van der Waals surface area contributed by atoms with E-state index in [1.54, 1.807) is 13.0 Å². The van der Waals surface area contributed by atoms with E-state index in [4.69, 9.17) is 4.52 Å². The first kappa shape index (κ1) is 12.4. The molecule has 2 rings (SSSR count). The van der Waals surface area contributed by atoms with Crippen LogP contribution in [0.15, 0.2) is 34.9 Å². The van der Waals surface area contributed by atoms with Crippen molar-refractivity contribution in [2.45, 2.75) is 26.7 Å². The lowest BCUT2D eigenvalue weighted by molar-refractivity contribution is 0.102. The summed E-state index contributed by atoms with van der Waals surface area (Å²) in [6.07, 6.45) is 2.13. The Labute approximate surface area is 106 Å². The summed E-state index contributed by atoms with van der Waals surface area (Å²) in [5, 5.41) is 6.41. The molecule has 0 radical (unpaired) electrons. The summed E-state index contributed by atoms with van der Waals surface area (Å²) >= 11 is 0. The molecular formula is C14H16N2O2. The standard InChI is InChI=1S/C14H16N2O2/c1-3-4-11-5-7-12(8-6-11)14(17)15-13-9-10(2)18-16-13/h5-9H,3-4H2,1-2H3,(H,15,16,17). The first-order chi connectivity index (χ1) is 8.69. The molecule has 1 heterocycles. The lowest BCUT2D eigenvalue weighted by Gasteiger charge is -2.03. The average molecular weight is 244 g/mol. The maximum atomic E-state index is 11.9.